The standard InChI is InChI=1S/C18H25N3O2S2/c1-5-6-8-21(11-15-12(2)7-9-24-15)17(23)14(4)25-18-19-13(3)10-16(22)20-18/h7,9-10,14H,5-6,8,11H2,1-4H3,(H,19,20,22)/t14-/m0/s1. The molecule has 0 bridgehead atoms. The van der Waals surface area contributed by atoms with Gasteiger partial charge in [0.1, 0.15) is 0 Å². The van der Waals surface area contributed by atoms with E-state index in [1.165, 1.54) is 28.3 Å². The fourth-order valence-corrected chi connectivity index (χ4v) is 4.30. The largest absolute Gasteiger partial charge is 0.337 e. The highest BCUT2D eigenvalue weighted by Gasteiger charge is 2.23. The number of hydrogen-bond acceptors (Lipinski definition) is 5. The first-order valence-corrected chi connectivity index (χ1v) is 10.2. The molecule has 0 aliphatic rings. The number of aryl methyl sites for hydroxylation is 2. The van der Waals surface area contributed by atoms with Gasteiger partial charge in [-0.1, -0.05) is 25.1 Å². The average Bonchev–Trinajstić information content (AvgIpc) is 2.94. The third-order valence-electron chi connectivity index (χ3n) is 3.88. The zero-order valence-electron chi connectivity index (χ0n) is 15.2. The van der Waals surface area contributed by atoms with Gasteiger partial charge in [0, 0.05) is 23.2 Å². The van der Waals surface area contributed by atoms with Crippen molar-refractivity contribution in [3.63, 3.8) is 0 Å². The van der Waals surface area contributed by atoms with Gasteiger partial charge in [-0.05, 0) is 44.2 Å². The Morgan fingerprint density at radius 3 is 2.80 bits per heavy atom. The zero-order valence-corrected chi connectivity index (χ0v) is 16.8. The number of thioether (sulfide) groups is 1. The zero-order chi connectivity index (χ0) is 18.4. The summed E-state index contributed by atoms with van der Waals surface area (Å²) in [4.78, 5) is 34.7. The van der Waals surface area contributed by atoms with E-state index in [2.05, 4.69) is 35.3 Å². The van der Waals surface area contributed by atoms with Crippen LogP contribution < -0.4 is 5.56 Å². The number of carbonyl (C=O) groups excluding carboxylic acids is 1. The van der Waals surface area contributed by atoms with Gasteiger partial charge in [0.2, 0.25) is 5.91 Å². The SMILES string of the molecule is CCCCN(Cc1sccc1C)C(=O)[C@H](C)Sc1nc(C)cc(=O)[nH]1. The van der Waals surface area contributed by atoms with E-state index >= 15 is 0 Å². The molecule has 0 radical (unpaired) electrons. The van der Waals surface area contributed by atoms with E-state index in [0.29, 0.717) is 17.4 Å². The third-order valence-corrected chi connectivity index (χ3v) is 5.86. The maximum absolute atomic E-state index is 13.0. The van der Waals surface area contributed by atoms with Crippen LogP contribution in [0.25, 0.3) is 0 Å². The van der Waals surface area contributed by atoms with Gasteiger partial charge in [-0.3, -0.25) is 9.59 Å². The van der Waals surface area contributed by atoms with Crippen LogP contribution in [-0.2, 0) is 11.3 Å². The topological polar surface area (TPSA) is 66.1 Å². The van der Waals surface area contributed by atoms with Gasteiger partial charge in [0.05, 0.1) is 11.8 Å². The summed E-state index contributed by atoms with van der Waals surface area (Å²) in [6.45, 7) is 9.24. The first-order chi connectivity index (χ1) is 11.9. The monoisotopic (exact) mass is 379 g/mol. The summed E-state index contributed by atoms with van der Waals surface area (Å²) in [5, 5.41) is 2.25. The molecule has 0 spiro atoms. The van der Waals surface area contributed by atoms with E-state index in [9.17, 15) is 9.59 Å². The lowest BCUT2D eigenvalue weighted by atomic mass is 10.2. The Bertz CT molecular complexity index is 770. The molecule has 0 saturated heterocycles. The van der Waals surface area contributed by atoms with Crippen LogP contribution in [0, 0.1) is 13.8 Å². The number of thiophene rings is 1. The van der Waals surface area contributed by atoms with Gasteiger partial charge in [0.25, 0.3) is 5.56 Å². The quantitative estimate of drug-likeness (QED) is 0.560. The van der Waals surface area contributed by atoms with E-state index in [1.807, 2.05) is 11.8 Å². The summed E-state index contributed by atoms with van der Waals surface area (Å²) >= 11 is 2.99. The minimum Gasteiger partial charge on any atom is -0.337 e. The highest BCUT2D eigenvalue weighted by Crippen LogP contribution is 2.23. The van der Waals surface area contributed by atoms with Crippen LogP contribution >= 0.6 is 23.1 Å². The predicted octanol–water partition coefficient (Wildman–Crippen LogP) is 3.76. The first-order valence-electron chi connectivity index (χ1n) is 8.47. The molecule has 1 atom stereocenters. The molecule has 0 fully saturated rings. The van der Waals surface area contributed by atoms with Gasteiger partial charge < -0.3 is 9.88 Å². The van der Waals surface area contributed by atoms with Crippen LogP contribution in [-0.4, -0.2) is 32.6 Å². The second-order valence-electron chi connectivity index (χ2n) is 6.09. The predicted molar refractivity (Wildman–Crippen MR) is 104 cm³/mol. The number of aromatic nitrogens is 2. The van der Waals surface area contributed by atoms with Crippen LogP contribution in [0.5, 0.6) is 0 Å². The molecule has 0 saturated carbocycles. The Hall–Kier alpha value is -1.60. The molecule has 2 heterocycles. The number of nitrogens with zero attached hydrogens (tertiary/aromatic N) is 2. The molecule has 0 aromatic carbocycles. The smallest absolute Gasteiger partial charge is 0.251 e. The first kappa shape index (κ1) is 19.7. The van der Waals surface area contributed by atoms with Crippen molar-refractivity contribution in [2.75, 3.05) is 6.54 Å². The van der Waals surface area contributed by atoms with Gasteiger partial charge in [0.15, 0.2) is 5.16 Å². The van der Waals surface area contributed by atoms with Crippen molar-refractivity contribution >= 4 is 29.0 Å². The maximum atomic E-state index is 13.0. The number of carbonyl (C=O) groups is 1. The fraction of sp³-hybridized carbons (Fsp3) is 0.500. The number of aromatic amines is 1. The average molecular weight is 380 g/mol. The van der Waals surface area contributed by atoms with E-state index in [1.54, 1.807) is 18.3 Å². The van der Waals surface area contributed by atoms with Crippen LogP contribution in [0.15, 0.2) is 27.5 Å². The molecule has 0 aliphatic carbocycles. The summed E-state index contributed by atoms with van der Waals surface area (Å²) in [5.41, 5.74) is 1.69. The van der Waals surface area contributed by atoms with Crippen molar-refractivity contribution in [3.8, 4) is 0 Å². The molecule has 5 nitrogen and oxygen atoms in total. The molecule has 2 rings (SSSR count). The normalized spacial score (nSPS) is 12.2. The number of hydrogen-bond donors (Lipinski definition) is 1. The molecular formula is C18H25N3O2S2. The molecule has 7 heteroatoms. The minimum absolute atomic E-state index is 0.0791. The van der Waals surface area contributed by atoms with Crippen LogP contribution in [0.1, 0.15) is 42.8 Å². The Kier molecular flexibility index (Phi) is 7.25. The number of unbranched alkanes of at least 4 members (excludes halogenated alkanes) is 1. The van der Waals surface area contributed by atoms with Crippen molar-refractivity contribution in [2.45, 2.75) is 57.5 Å². The van der Waals surface area contributed by atoms with Gasteiger partial charge >= 0.3 is 0 Å². The Morgan fingerprint density at radius 2 is 2.20 bits per heavy atom. The van der Waals surface area contributed by atoms with Crippen LogP contribution in [0.3, 0.4) is 0 Å². The molecule has 2 aromatic rings. The Balaban J connectivity index is 2.10. The minimum atomic E-state index is -0.304. The second kappa shape index (κ2) is 9.20. The molecule has 0 aliphatic heterocycles. The van der Waals surface area contributed by atoms with Gasteiger partial charge in [-0.2, -0.15) is 0 Å². The van der Waals surface area contributed by atoms with Crippen molar-refractivity contribution in [3.05, 3.63) is 44.0 Å². The highest BCUT2D eigenvalue weighted by atomic mass is 32.2. The molecule has 1 amide bonds. The van der Waals surface area contributed by atoms with Crippen molar-refractivity contribution in [2.24, 2.45) is 0 Å². The molecule has 25 heavy (non-hydrogen) atoms. The number of rotatable bonds is 8. The lowest BCUT2D eigenvalue weighted by molar-refractivity contribution is -0.131. The van der Waals surface area contributed by atoms with Crippen molar-refractivity contribution < 1.29 is 4.79 Å². The molecular weight excluding hydrogens is 354 g/mol. The van der Waals surface area contributed by atoms with E-state index < -0.39 is 0 Å². The Morgan fingerprint density at radius 1 is 1.44 bits per heavy atom. The summed E-state index contributed by atoms with van der Waals surface area (Å²) in [5.74, 6) is 0.0791. The summed E-state index contributed by atoms with van der Waals surface area (Å²) in [7, 11) is 0. The van der Waals surface area contributed by atoms with Crippen LogP contribution in [0.4, 0.5) is 0 Å². The van der Waals surface area contributed by atoms with Crippen molar-refractivity contribution in [1.82, 2.24) is 14.9 Å². The summed E-state index contributed by atoms with van der Waals surface area (Å²) in [6.07, 6.45) is 2.02. The number of H-pyrrole nitrogens is 1. The Labute approximate surface area is 156 Å². The molecule has 136 valence electrons. The maximum Gasteiger partial charge on any atom is 0.251 e. The number of amides is 1. The lowest BCUT2D eigenvalue weighted by Gasteiger charge is -2.25. The molecule has 1 N–H and O–H groups in total. The van der Waals surface area contributed by atoms with Gasteiger partial charge in [-0.25, -0.2) is 4.98 Å². The fourth-order valence-electron chi connectivity index (χ4n) is 2.44. The number of nitrogens with one attached hydrogen (secondary N) is 1. The lowest BCUT2D eigenvalue weighted by Crippen LogP contribution is -2.37. The molecule has 2 aromatic heterocycles. The van der Waals surface area contributed by atoms with Crippen LogP contribution in [0.2, 0.25) is 0 Å². The second-order valence-corrected chi connectivity index (χ2v) is 8.42. The third kappa shape index (κ3) is 5.71. The van der Waals surface area contributed by atoms with E-state index in [4.69, 9.17) is 0 Å². The summed E-state index contributed by atoms with van der Waals surface area (Å²) in [6, 6.07) is 3.53. The van der Waals surface area contributed by atoms with Crippen molar-refractivity contribution in [1.29, 1.82) is 0 Å². The summed E-state index contributed by atoms with van der Waals surface area (Å²) < 4.78 is 0. The van der Waals surface area contributed by atoms with E-state index in [-0.39, 0.29) is 16.7 Å². The highest BCUT2D eigenvalue weighted by molar-refractivity contribution is 8.00. The van der Waals surface area contributed by atoms with E-state index in [0.717, 1.165) is 19.4 Å². The molecule has 0 unspecified atom stereocenters. The van der Waals surface area contributed by atoms with Gasteiger partial charge in [-0.15, -0.1) is 11.3 Å².